The van der Waals surface area contributed by atoms with E-state index in [0.717, 1.165) is 16.7 Å². The Hall–Kier alpha value is -2.60. The van der Waals surface area contributed by atoms with Gasteiger partial charge in [0.2, 0.25) is 5.91 Å². The Morgan fingerprint density at radius 3 is 1.66 bits per heavy atom. The van der Waals surface area contributed by atoms with Crippen LogP contribution in [0.2, 0.25) is 0 Å². The molecule has 4 nitrogen and oxygen atoms in total. The molecule has 1 amide bonds. The number of aliphatic hydroxyl groups excluding tert-OH is 1. The summed E-state index contributed by atoms with van der Waals surface area (Å²) < 4.78 is 0. The van der Waals surface area contributed by atoms with Crippen molar-refractivity contribution in [3.8, 4) is 0 Å². The highest BCUT2D eigenvalue weighted by atomic mass is 32.2. The van der Waals surface area contributed by atoms with Crippen LogP contribution < -0.4 is 10.6 Å². The number of benzene rings is 3. The number of nitrogens with one attached hydrogen (secondary N) is 2. The minimum Gasteiger partial charge on any atom is -0.396 e. The third kappa shape index (κ3) is 3.81. The first-order chi connectivity index (χ1) is 14.3. The second-order valence-electron chi connectivity index (χ2n) is 6.99. The molecule has 0 bridgehead atoms. The molecule has 3 aromatic rings. The summed E-state index contributed by atoms with van der Waals surface area (Å²) >= 11 is 1.56. The Morgan fingerprint density at radius 1 is 0.828 bits per heavy atom. The van der Waals surface area contributed by atoms with Crippen LogP contribution in [0.15, 0.2) is 91.0 Å². The van der Waals surface area contributed by atoms with Crippen LogP contribution in [0.1, 0.15) is 16.7 Å². The Labute approximate surface area is 175 Å². The van der Waals surface area contributed by atoms with Crippen LogP contribution in [-0.2, 0) is 10.3 Å². The molecule has 1 aliphatic rings. The molecule has 2 atom stereocenters. The highest BCUT2D eigenvalue weighted by molar-refractivity contribution is 8.00. The topological polar surface area (TPSA) is 61.4 Å². The summed E-state index contributed by atoms with van der Waals surface area (Å²) in [5, 5.41) is 15.8. The van der Waals surface area contributed by atoms with Crippen molar-refractivity contribution in [1.29, 1.82) is 0 Å². The smallest absolute Gasteiger partial charge is 0.241 e. The van der Waals surface area contributed by atoms with E-state index in [4.69, 9.17) is 0 Å². The molecule has 29 heavy (non-hydrogen) atoms. The van der Waals surface area contributed by atoms with E-state index in [1.54, 1.807) is 11.8 Å². The Balaban J connectivity index is 1.85. The van der Waals surface area contributed by atoms with Crippen molar-refractivity contribution in [2.75, 3.05) is 12.4 Å². The van der Waals surface area contributed by atoms with E-state index in [1.807, 2.05) is 54.6 Å². The molecule has 3 N–H and O–H groups in total. The number of hydrogen-bond acceptors (Lipinski definition) is 4. The third-order valence-corrected chi connectivity index (χ3v) is 6.42. The lowest BCUT2D eigenvalue weighted by molar-refractivity contribution is -0.129. The van der Waals surface area contributed by atoms with Crippen LogP contribution in [0.3, 0.4) is 0 Å². The van der Waals surface area contributed by atoms with Gasteiger partial charge in [0.1, 0.15) is 6.04 Å². The maximum absolute atomic E-state index is 12.5. The number of β-lactam (4-membered cyclic amide) rings is 1. The molecule has 0 radical (unpaired) electrons. The number of thioether (sulfide) groups is 1. The quantitative estimate of drug-likeness (QED) is 0.399. The zero-order valence-corrected chi connectivity index (χ0v) is 16.8. The molecule has 0 aromatic heterocycles. The van der Waals surface area contributed by atoms with E-state index in [2.05, 4.69) is 47.0 Å². The van der Waals surface area contributed by atoms with Gasteiger partial charge in [-0.05, 0) is 16.7 Å². The molecular weight excluding hydrogens is 380 g/mol. The zero-order valence-electron chi connectivity index (χ0n) is 16.0. The minimum atomic E-state index is -0.676. The fraction of sp³-hybridized carbons (Fsp3) is 0.208. The first-order valence-electron chi connectivity index (χ1n) is 9.73. The van der Waals surface area contributed by atoms with E-state index in [0.29, 0.717) is 5.75 Å². The summed E-state index contributed by atoms with van der Waals surface area (Å²) in [5.41, 5.74) is 2.54. The molecule has 0 unspecified atom stereocenters. The fourth-order valence-electron chi connectivity index (χ4n) is 3.86. The van der Waals surface area contributed by atoms with Gasteiger partial charge < -0.3 is 10.4 Å². The van der Waals surface area contributed by atoms with Crippen LogP contribution in [-0.4, -0.2) is 34.8 Å². The first-order valence-corrected chi connectivity index (χ1v) is 10.8. The summed E-state index contributed by atoms with van der Waals surface area (Å²) in [5.74, 6) is 0.561. The number of rotatable bonds is 8. The molecule has 148 valence electrons. The molecule has 5 heteroatoms. The number of aliphatic hydroxyl groups is 1. The molecule has 1 saturated heterocycles. The van der Waals surface area contributed by atoms with Crippen molar-refractivity contribution in [1.82, 2.24) is 10.6 Å². The van der Waals surface area contributed by atoms with Crippen molar-refractivity contribution >= 4 is 17.7 Å². The third-order valence-electron chi connectivity index (χ3n) is 5.25. The summed E-state index contributed by atoms with van der Waals surface area (Å²) in [6, 6.07) is 30.4. The van der Waals surface area contributed by atoms with Gasteiger partial charge in [0.15, 0.2) is 0 Å². The van der Waals surface area contributed by atoms with Crippen molar-refractivity contribution in [3.05, 3.63) is 108 Å². The summed E-state index contributed by atoms with van der Waals surface area (Å²) in [7, 11) is 0. The summed E-state index contributed by atoms with van der Waals surface area (Å²) in [4.78, 5) is 12.5. The van der Waals surface area contributed by atoms with Gasteiger partial charge in [-0.3, -0.25) is 10.1 Å². The van der Waals surface area contributed by atoms with E-state index < -0.39 is 5.54 Å². The molecule has 0 spiro atoms. The van der Waals surface area contributed by atoms with E-state index in [9.17, 15) is 9.90 Å². The van der Waals surface area contributed by atoms with Crippen LogP contribution in [0.25, 0.3) is 0 Å². The molecule has 4 rings (SSSR count). The summed E-state index contributed by atoms with van der Waals surface area (Å²) in [6.07, 6.45) is 0. The van der Waals surface area contributed by atoms with E-state index in [-0.39, 0.29) is 23.9 Å². The fourth-order valence-corrected chi connectivity index (χ4v) is 4.80. The van der Waals surface area contributed by atoms with Crippen molar-refractivity contribution < 1.29 is 9.90 Å². The second-order valence-corrected chi connectivity index (χ2v) is 8.24. The average molecular weight is 405 g/mol. The van der Waals surface area contributed by atoms with Crippen LogP contribution >= 0.6 is 11.8 Å². The van der Waals surface area contributed by atoms with Crippen LogP contribution in [0.5, 0.6) is 0 Å². The molecule has 0 aliphatic carbocycles. The lowest BCUT2D eigenvalue weighted by atomic mass is 9.76. The van der Waals surface area contributed by atoms with Crippen molar-refractivity contribution in [2.45, 2.75) is 17.0 Å². The molecule has 0 saturated carbocycles. The molecule has 1 heterocycles. The second kappa shape index (κ2) is 8.82. The molecular formula is C24H24N2O2S. The normalized spacial score (nSPS) is 18.7. The lowest BCUT2D eigenvalue weighted by Crippen LogP contribution is -2.70. The van der Waals surface area contributed by atoms with Gasteiger partial charge in [0.05, 0.1) is 17.5 Å². The predicted molar refractivity (Wildman–Crippen MR) is 118 cm³/mol. The standard InChI is InChI=1S/C24H24N2O2S/c27-16-17-29-23-21(22(28)25-23)26-24(18-10-4-1-5-11-18,19-12-6-2-7-13-19)20-14-8-3-9-15-20/h1-15,21,23,26-27H,16-17H2,(H,25,28)/t21-,23-/m1/s1. The first kappa shape index (κ1) is 19.7. The number of hydrogen-bond donors (Lipinski definition) is 3. The van der Waals surface area contributed by atoms with Gasteiger partial charge in [0, 0.05) is 5.75 Å². The van der Waals surface area contributed by atoms with E-state index in [1.165, 1.54) is 0 Å². The number of carbonyl (C=O) groups is 1. The largest absolute Gasteiger partial charge is 0.396 e. The Morgan fingerprint density at radius 2 is 1.28 bits per heavy atom. The van der Waals surface area contributed by atoms with Gasteiger partial charge in [-0.15, -0.1) is 11.8 Å². The van der Waals surface area contributed by atoms with Gasteiger partial charge in [0.25, 0.3) is 0 Å². The number of amides is 1. The van der Waals surface area contributed by atoms with Crippen molar-refractivity contribution in [3.63, 3.8) is 0 Å². The highest BCUT2D eigenvalue weighted by Gasteiger charge is 2.47. The molecule has 1 fully saturated rings. The highest BCUT2D eigenvalue weighted by Crippen LogP contribution is 2.38. The SMILES string of the molecule is O=C1N[C@H](SCCO)[C@@H]1NC(c1ccccc1)(c1ccccc1)c1ccccc1. The van der Waals surface area contributed by atoms with Gasteiger partial charge in [-0.2, -0.15) is 0 Å². The minimum absolute atomic E-state index is 0.0207. The maximum Gasteiger partial charge on any atom is 0.241 e. The summed E-state index contributed by atoms with van der Waals surface area (Å²) in [6.45, 7) is 0.0882. The van der Waals surface area contributed by atoms with Gasteiger partial charge in [-0.25, -0.2) is 0 Å². The van der Waals surface area contributed by atoms with Gasteiger partial charge >= 0.3 is 0 Å². The maximum atomic E-state index is 12.5. The van der Waals surface area contributed by atoms with E-state index >= 15 is 0 Å². The van der Waals surface area contributed by atoms with Crippen LogP contribution in [0.4, 0.5) is 0 Å². The monoisotopic (exact) mass is 404 g/mol. The van der Waals surface area contributed by atoms with Crippen LogP contribution in [0, 0.1) is 0 Å². The molecule has 1 aliphatic heterocycles. The van der Waals surface area contributed by atoms with Crippen molar-refractivity contribution in [2.24, 2.45) is 0 Å². The lowest BCUT2D eigenvalue weighted by Gasteiger charge is -2.45. The van der Waals surface area contributed by atoms with Gasteiger partial charge in [-0.1, -0.05) is 91.0 Å². The zero-order chi connectivity index (χ0) is 20.1. The molecule has 3 aromatic carbocycles. The number of carbonyl (C=O) groups excluding carboxylic acids is 1. The average Bonchev–Trinajstić information content (AvgIpc) is 2.79. The predicted octanol–water partition coefficient (Wildman–Crippen LogP) is 3.12. The Kier molecular flexibility index (Phi) is 6.00. The Bertz CT molecular complexity index is 838.